The number of aromatic nitrogens is 2. The van der Waals surface area contributed by atoms with Crippen LogP contribution in [0.4, 0.5) is 13.2 Å². The van der Waals surface area contributed by atoms with Crippen molar-refractivity contribution in [3.8, 4) is 0 Å². The van der Waals surface area contributed by atoms with Gasteiger partial charge in [-0.05, 0) is 30.5 Å². The standard InChI is InChI=1S/C15H18F3N3/c1-3-11-4-6-12(7-5-11)14(19)10(2)21-9-8-13(20-21)15(16,17)18/h4-10,14H,3,19H2,1-2H3. The predicted octanol–water partition coefficient (Wildman–Crippen LogP) is 3.73. The molecule has 1 aromatic heterocycles. The molecule has 0 bridgehead atoms. The van der Waals surface area contributed by atoms with E-state index in [1.807, 2.05) is 24.3 Å². The second kappa shape index (κ2) is 5.89. The fraction of sp³-hybridized carbons (Fsp3) is 0.400. The van der Waals surface area contributed by atoms with Crippen LogP contribution >= 0.6 is 0 Å². The molecule has 21 heavy (non-hydrogen) atoms. The van der Waals surface area contributed by atoms with E-state index in [4.69, 9.17) is 5.73 Å². The maximum absolute atomic E-state index is 12.6. The van der Waals surface area contributed by atoms with Gasteiger partial charge in [0.2, 0.25) is 0 Å². The van der Waals surface area contributed by atoms with Crippen LogP contribution in [0.5, 0.6) is 0 Å². The molecule has 0 aliphatic carbocycles. The van der Waals surface area contributed by atoms with Gasteiger partial charge in [0.25, 0.3) is 0 Å². The van der Waals surface area contributed by atoms with Crippen LogP contribution in [0.3, 0.4) is 0 Å². The number of halogens is 3. The van der Waals surface area contributed by atoms with Crippen molar-refractivity contribution >= 4 is 0 Å². The Balaban J connectivity index is 2.18. The van der Waals surface area contributed by atoms with Gasteiger partial charge in [0.05, 0.1) is 12.1 Å². The van der Waals surface area contributed by atoms with E-state index in [0.29, 0.717) is 0 Å². The first-order chi connectivity index (χ1) is 9.82. The zero-order valence-electron chi connectivity index (χ0n) is 11.9. The Kier molecular flexibility index (Phi) is 4.37. The Morgan fingerprint density at radius 1 is 1.19 bits per heavy atom. The molecule has 0 amide bonds. The fourth-order valence-corrected chi connectivity index (χ4v) is 2.13. The normalized spacial score (nSPS) is 15.0. The van der Waals surface area contributed by atoms with Gasteiger partial charge in [0, 0.05) is 6.20 Å². The van der Waals surface area contributed by atoms with E-state index in [1.165, 1.54) is 16.4 Å². The summed E-state index contributed by atoms with van der Waals surface area (Å²) in [6.45, 7) is 3.81. The van der Waals surface area contributed by atoms with E-state index < -0.39 is 17.9 Å². The molecule has 1 heterocycles. The fourth-order valence-electron chi connectivity index (χ4n) is 2.13. The highest BCUT2D eigenvalue weighted by molar-refractivity contribution is 5.25. The predicted molar refractivity (Wildman–Crippen MR) is 74.7 cm³/mol. The van der Waals surface area contributed by atoms with Crippen LogP contribution in [0, 0.1) is 0 Å². The van der Waals surface area contributed by atoms with Crippen molar-refractivity contribution in [1.82, 2.24) is 9.78 Å². The highest BCUT2D eigenvalue weighted by Crippen LogP contribution is 2.29. The van der Waals surface area contributed by atoms with E-state index in [-0.39, 0.29) is 6.04 Å². The number of alkyl halides is 3. The van der Waals surface area contributed by atoms with Gasteiger partial charge in [0.15, 0.2) is 5.69 Å². The van der Waals surface area contributed by atoms with Gasteiger partial charge >= 0.3 is 6.18 Å². The molecule has 0 aliphatic heterocycles. The first-order valence-corrected chi connectivity index (χ1v) is 6.79. The minimum absolute atomic E-state index is 0.367. The molecule has 1 aromatic carbocycles. The number of hydrogen-bond donors (Lipinski definition) is 1. The molecule has 2 aromatic rings. The summed E-state index contributed by atoms with van der Waals surface area (Å²) in [6, 6.07) is 7.95. The Bertz CT molecular complexity index is 587. The third kappa shape index (κ3) is 3.44. The van der Waals surface area contributed by atoms with Gasteiger partial charge in [-0.2, -0.15) is 18.3 Å². The third-order valence-electron chi connectivity index (χ3n) is 3.61. The van der Waals surface area contributed by atoms with Gasteiger partial charge in [0.1, 0.15) is 0 Å². The molecule has 2 rings (SSSR count). The molecule has 0 saturated carbocycles. The average Bonchev–Trinajstić information content (AvgIpc) is 2.95. The molecule has 0 aliphatic rings. The SMILES string of the molecule is CCc1ccc(C(N)C(C)n2ccc(C(F)(F)F)n2)cc1. The van der Waals surface area contributed by atoms with Gasteiger partial charge in [-0.25, -0.2) is 0 Å². The number of benzene rings is 1. The first-order valence-electron chi connectivity index (χ1n) is 6.79. The molecule has 0 spiro atoms. The lowest BCUT2D eigenvalue weighted by Gasteiger charge is -2.21. The first kappa shape index (κ1) is 15.6. The summed E-state index contributed by atoms with van der Waals surface area (Å²) in [6.07, 6.45) is -2.19. The summed E-state index contributed by atoms with van der Waals surface area (Å²) < 4.78 is 39.0. The number of nitrogens with zero attached hydrogens (tertiary/aromatic N) is 2. The average molecular weight is 297 g/mol. The highest BCUT2D eigenvalue weighted by atomic mass is 19.4. The summed E-state index contributed by atoms with van der Waals surface area (Å²) in [5.74, 6) is 0. The maximum atomic E-state index is 12.6. The number of hydrogen-bond acceptors (Lipinski definition) is 2. The molecule has 2 N–H and O–H groups in total. The second-order valence-electron chi connectivity index (χ2n) is 5.04. The minimum atomic E-state index is -4.43. The summed E-state index contributed by atoms with van der Waals surface area (Å²) in [7, 11) is 0. The van der Waals surface area contributed by atoms with E-state index in [0.717, 1.165) is 18.1 Å². The van der Waals surface area contributed by atoms with Crippen molar-refractivity contribution in [3.63, 3.8) is 0 Å². The van der Waals surface area contributed by atoms with E-state index >= 15 is 0 Å². The molecule has 6 heteroatoms. The molecule has 3 nitrogen and oxygen atoms in total. The number of rotatable bonds is 4. The van der Waals surface area contributed by atoms with Crippen LogP contribution in [-0.2, 0) is 12.6 Å². The second-order valence-corrected chi connectivity index (χ2v) is 5.04. The van der Waals surface area contributed by atoms with Crippen LogP contribution in [0.15, 0.2) is 36.5 Å². The van der Waals surface area contributed by atoms with Crippen molar-refractivity contribution in [2.75, 3.05) is 0 Å². The quantitative estimate of drug-likeness (QED) is 0.934. The van der Waals surface area contributed by atoms with Gasteiger partial charge in [-0.15, -0.1) is 0 Å². The van der Waals surface area contributed by atoms with Crippen molar-refractivity contribution < 1.29 is 13.2 Å². The molecule has 2 unspecified atom stereocenters. The zero-order chi connectivity index (χ0) is 15.6. The molecule has 0 saturated heterocycles. The van der Waals surface area contributed by atoms with Gasteiger partial charge in [-0.1, -0.05) is 31.2 Å². The lowest BCUT2D eigenvalue weighted by atomic mass is 10.00. The van der Waals surface area contributed by atoms with Crippen molar-refractivity contribution in [3.05, 3.63) is 53.3 Å². The topological polar surface area (TPSA) is 43.8 Å². The summed E-state index contributed by atoms with van der Waals surface area (Å²) in [5.41, 5.74) is 7.31. The van der Waals surface area contributed by atoms with Gasteiger partial charge in [-0.3, -0.25) is 4.68 Å². The Hall–Kier alpha value is -1.82. The lowest BCUT2D eigenvalue weighted by molar-refractivity contribution is -0.141. The smallest absolute Gasteiger partial charge is 0.322 e. The van der Waals surface area contributed by atoms with E-state index in [1.54, 1.807) is 6.92 Å². The van der Waals surface area contributed by atoms with Crippen LogP contribution in [0.2, 0.25) is 0 Å². The van der Waals surface area contributed by atoms with Crippen LogP contribution < -0.4 is 5.73 Å². The molecule has 2 atom stereocenters. The monoisotopic (exact) mass is 297 g/mol. The maximum Gasteiger partial charge on any atom is 0.435 e. The van der Waals surface area contributed by atoms with Crippen LogP contribution in [0.25, 0.3) is 0 Å². The van der Waals surface area contributed by atoms with Crippen LogP contribution in [0.1, 0.15) is 42.8 Å². The van der Waals surface area contributed by atoms with Crippen LogP contribution in [-0.4, -0.2) is 9.78 Å². The summed E-state index contributed by atoms with van der Waals surface area (Å²) >= 11 is 0. The number of nitrogens with two attached hydrogens (primary N) is 1. The Morgan fingerprint density at radius 2 is 1.81 bits per heavy atom. The molecular weight excluding hydrogens is 279 g/mol. The van der Waals surface area contributed by atoms with Crippen molar-refractivity contribution in [2.24, 2.45) is 5.73 Å². The minimum Gasteiger partial charge on any atom is -0.322 e. The van der Waals surface area contributed by atoms with Gasteiger partial charge < -0.3 is 5.73 Å². The Labute approximate surface area is 121 Å². The Morgan fingerprint density at radius 3 is 2.29 bits per heavy atom. The van der Waals surface area contributed by atoms with Crippen molar-refractivity contribution in [2.45, 2.75) is 38.5 Å². The molecule has 0 radical (unpaired) electrons. The van der Waals surface area contributed by atoms with E-state index in [2.05, 4.69) is 12.0 Å². The summed E-state index contributed by atoms with van der Waals surface area (Å²) in [5, 5.41) is 3.57. The molecular formula is C15H18F3N3. The third-order valence-corrected chi connectivity index (χ3v) is 3.61. The molecule has 114 valence electrons. The molecule has 0 fully saturated rings. The van der Waals surface area contributed by atoms with E-state index in [9.17, 15) is 13.2 Å². The summed E-state index contributed by atoms with van der Waals surface area (Å²) in [4.78, 5) is 0. The highest BCUT2D eigenvalue weighted by Gasteiger charge is 2.34. The lowest BCUT2D eigenvalue weighted by Crippen LogP contribution is -2.23. The van der Waals surface area contributed by atoms with Crippen molar-refractivity contribution in [1.29, 1.82) is 0 Å². The number of aryl methyl sites for hydroxylation is 1. The largest absolute Gasteiger partial charge is 0.435 e. The zero-order valence-corrected chi connectivity index (χ0v) is 11.9.